The average molecular weight is 242 g/mol. The van der Waals surface area contributed by atoms with Crippen molar-refractivity contribution in [3.8, 4) is 0 Å². The summed E-state index contributed by atoms with van der Waals surface area (Å²) in [6.45, 7) is 1.82. The van der Waals surface area contributed by atoms with E-state index in [-0.39, 0.29) is 0 Å². The highest BCUT2D eigenvalue weighted by atomic mass is 32.2. The van der Waals surface area contributed by atoms with Crippen LogP contribution in [0, 0.1) is 0 Å². The molecule has 16 heavy (non-hydrogen) atoms. The lowest BCUT2D eigenvalue weighted by Crippen LogP contribution is -2.32. The van der Waals surface area contributed by atoms with Crippen LogP contribution >= 0.6 is 0 Å². The number of hydrogen-bond donors (Lipinski definition) is 2. The molecule has 5 heteroatoms. The lowest BCUT2D eigenvalue weighted by Gasteiger charge is -2.21. The van der Waals surface area contributed by atoms with Crippen molar-refractivity contribution in [1.29, 1.82) is 0 Å². The molecule has 0 amide bonds. The maximum Gasteiger partial charge on any atom is 0.152 e. The number of hydrogen-bond acceptors (Lipinski definition) is 4. The monoisotopic (exact) mass is 242 g/mol. The molecule has 0 saturated carbocycles. The third-order valence-corrected chi connectivity index (χ3v) is 4.37. The molecular weight excluding hydrogens is 224 g/mol. The molecule has 0 spiro atoms. The summed E-state index contributed by atoms with van der Waals surface area (Å²) in [5.41, 5.74) is 13.0. The van der Waals surface area contributed by atoms with Gasteiger partial charge in [-0.2, -0.15) is 0 Å². The maximum absolute atomic E-state index is 11.6. The molecule has 1 aromatic carbocycles. The first-order valence-corrected chi connectivity index (χ1v) is 7.11. The van der Waals surface area contributed by atoms with Gasteiger partial charge in [-0.05, 0) is 24.1 Å². The molecule has 4 N–H and O–H groups in total. The minimum absolute atomic E-state index is 0.495. The molecular formula is C11H18N2O2S. The second-order valence-electron chi connectivity index (χ2n) is 3.97. The summed E-state index contributed by atoms with van der Waals surface area (Å²) in [4.78, 5) is 0. The van der Waals surface area contributed by atoms with Gasteiger partial charge in [-0.1, -0.05) is 19.1 Å². The molecule has 1 rings (SSSR count). The van der Waals surface area contributed by atoms with Gasteiger partial charge in [0.25, 0.3) is 0 Å². The molecule has 1 aromatic rings. The molecule has 0 heterocycles. The van der Waals surface area contributed by atoms with Crippen molar-refractivity contribution in [2.45, 2.75) is 24.6 Å². The van der Waals surface area contributed by atoms with Crippen LogP contribution in [-0.2, 0) is 9.84 Å². The highest BCUT2D eigenvalue weighted by molar-refractivity contribution is 7.91. The van der Waals surface area contributed by atoms with Crippen LogP contribution in [0.3, 0.4) is 0 Å². The molecule has 0 aromatic heterocycles. The number of rotatable bonds is 4. The molecule has 0 aliphatic heterocycles. The average Bonchev–Trinajstić information content (AvgIpc) is 2.16. The number of sulfone groups is 1. The number of nitrogens with two attached hydrogens (primary N) is 2. The zero-order chi connectivity index (χ0) is 12.3. The highest BCUT2D eigenvalue weighted by Crippen LogP contribution is 2.23. The number of benzene rings is 1. The van der Waals surface area contributed by atoms with E-state index >= 15 is 0 Å². The molecule has 0 bridgehead atoms. The van der Waals surface area contributed by atoms with E-state index in [2.05, 4.69) is 0 Å². The number of nitrogen functional groups attached to an aromatic ring is 1. The predicted octanol–water partition coefficient (Wildman–Crippen LogP) is 1.09. The van der Waals surface area contributed by atoms with E-state index < -0.39 is 21.1 Å². The van der Waals surface area contributed by atoms with E-state index in [4.69, 9.17) is 11.5 Å². The van der Waals surface area contributed by atoms with Crippen LogP contribution in [0.15, 0.2) is 24.3 Å². The van der Waals surface area contributed by atoms with Crippen molar-refractivity contribution < 1.29 is 8.42 Å². The van der Waals surface area contributed by atoms with Crippen LogP contribution in [0.25, 0.3) is 0 Å². The topological polar surface area (TPSA) is 86.2 Å². The van der Waals surface area contributed by atoms with Crippen LogP contribution in [0.5, 0.6) is 0 Å². The van der Waals surface area contributed by atoms with Gasteiger partial charge in [-0.25, -0.2) is 8.42 Å². The van der Waals surface area contributed by atoms with Crippen LogP contribution in [-0.4, -0.2) is 19.9 Å². The SMILES string of the molecule is CCC(C(N)c1cccc(N)c1)S(C)(=O)=O. The Kier molecular flexibility index (Phi) is 3.93. The molecule has 0 radical (unpaired) electrons. The predicted molar refractivity (Wildman–Crippen MR) is 66.7 cm³/mol. The summed E-state index contributed by atoms with van der Waals surface area (Å²) in [7, 11) is -3.14. The van der Waals surface area contributed by atoms with E-state index in [1.54, 1.807) is 24.3 Å². The van der Waals surface area contributed by atoms with Crippen LogP contribution < -0.4 is 11.5 Å². The van der Waals surface area contributed by atoms with Gasteiger partial charge in [-0.3, -0.25) is 0 Å². The van der Waals surface area contributed by atoms with Gasteiger partial charge in [0.2, 0.25) is 0 Å². The second kappa shape index (κ2) is 4.84. The quantitative estimate of drug-likeness (QED) is 0.774. The first kappa shape index (κ1) is 13.0. The van der Waals surface area contributed by atoms with Gasteiger partial charge in [-0.15, -0.1) is 0 Å². The Bertz CT molecular complexity index is 457. The Morgan fingerprint density at radius 1 is 1.38 bits per heavy atom. The normalized spacial score (nSPS) is 15.7. The third kappa shape index (κ3) is 2.96. The first-order chi connectivity index (χ1) is 7.36. The first-order valence-electron chi connectivity index (χ1n) is 5.16. The lowest BCUT2D eigenvalue weighted by molar-refractivity contribution is 0.553. The van der Waals surface area contributed by atoms with Gasteiger partial charge in [0.15, 0.2) is 9.84 Å². The van der Waals surface area contributed by atoms with Gasteiger partial charge < -0.3 is 11.5 Å². The van der Waals surface area contributed by atoms with E-state index in [0.29, 0.717) is 12.1 Å². The summed E-state index contributed by atoms with van der Waals surface area (Å²) in [5.74, 6) is 0. The Balaban J connectivity index is 3.05. The largest absolute Gasteiger partial charge is 0.399 e. The number of anilines is 1. The van der Waals surface area contributed by atoms with E-state index in [1.807, 2.05) is 6.92 Å². The van der Waals surface area contributed by atoms with Gasteiger partial charge in [0.1, 0.15) is 0 Å². The molecule has 4 nitrogen and oxygen atoms in total. The van der Waals surface area contributed by atoms with E-state index in [9.17, 15) is 8.42 Å². The van der Waals surface area contributed by atoms with E-state index in [1.165, 1.54) is 6.26 Å². The summed E-state index contributed by atoms with van der Waals surface area (Å²) >= 11 is 0. The molecule has 0 aliphatic rings. The van der Waals surface area contributed by atoms with Gasteiger partial charge >= 0.3 is 0 Å². The van der Waals surface area contributed by atoms with Crippen molar-refractivity contribution in [3.63, 3.8) is 0 Å². The van der Waals surface area contributed by atoms with Crippen molar-refractivity contribution in [2.24, 2.45) is 5.73 Å². The van der Waals surface area contributed by atoms with Crippen molar-refractivity contribution >= 4 is 15.5 Å². The van der Waals surface area contributed by atoms with Crippen LogP contribution in [0.4, 0.5) is 5.69 Å². The zero-order valence-corrected chi connectivity index (χ0v) is 10.4. The van der Waals surface area contributed by atoms with Crippen molar-refractivity contribution in [3.05, 3.63) is 29.8 Å². The summed E-state index contributed by atoms with van der Waals surface area (Å²) in [6, 6.07) is 6.52. The Morgan fingerprint density at radius 3 is 2.44 bits per heavy atom. The summed E-state index contributed by atoms with van der Waals surface area (Å²) in [5, 5.41) is -0.561. The van der Waals surface area contributed by atoms with Crippen LogP contribution in [0.2, 0.25) is 0 Å². The third-order valence-electron chi connectivity index (χ3n) is 2.65. The minimum atomic E-state index is -3.14. The Morgan fingerprint density at radius 2 is 2.00 bits per heavy atom. The molecule has 0 saturated heterocycles. The maximum atomic E-state index is 11.6. The van der Waals surface area contributed by atoms with Crippen molar-refractivity contribution in [2.75, 3.05) is 12.0 Å². The smallest absolute Gasteiger partial charge is 0.152 e. The summed E-state index contributed by atoms with van der Waals surface area (Å²) < 4.78 is 23.1. The molecule has 0 fully saturated rings. The van der Waals surface area contributed by atoms with Gasteiger partial charge in [0, 0.05) is 18.0 Å². The molecule has 0 aliphatic carbocycles. The molecule has 2 unspecified atom stereocenters. The van der Waals surface area contributed by atoms with Crippen LogP contribution in [0.1, 0.15) is 24.9 Å². The summed E-state index contributed by atoms with van der Waals surface area (Å²) in [6.07, 6.45) is 1.71. The molecule has 2 atom stereocenters. The van der Waals surface area contributed by atoms with E-state index in [0.717, 1.165) is 5.56 Å². The fourth-order valence-corrected chi connectivity index (χ4v) is 3.10. The molecule has 90 valence electrons. The van der Waals surface area contributed by atoms with Gasteiger partial charge in [0.05, 0.1) is 5.25 Å². The fraction of sp³-hybridized carbons (Fsp3) is 0.455. The fourth-order valence-electron chi connectivity index (χ4n) is 1.80. The second-order valence-corrected chi connectivity index (χ2v) is 6.24. The highest BCUT2D eigenvalue weighted by Gasteiger charge is 2.26. The van der Waals surface area contributed by atoms with Crippen molar-refractivity contribution in [1.82, 2.24) is 0 Å². The lowest BCUT2D eigenvalue weighted by atomic mass is 10.0. The Hall–Kier alpha value is -1.07. The minimum Gasteiger partial charge on any atom is -0.399 e. The Labute approximate surface area is 96.6 Å². The standard InChI is InChI=1S/C11H18N2O2S/c1-3-10(16(2,14)15)11(13)8-5-4-6-9(12)7-8/h4-7,10-11H,3,12-13H2,1-2H3. The zero-order valence-electron chi connectivity index (χ0n) is 9.55.